The second kappa shape index (κ2) is 6.18. The van der Waals surface area contributed by atoms with Gasteiger partial charge in [-0.3, -0.25) is 4.79 Å². The molecule has 25 heavy (non-hydrogen) atoms. The highest BCUT2D eigenvalue weighted by atomic mass is 32.1. The standard InChI is InChI=1S/C20H14FNO2S/c1-24-14-4-2-12(3-5-14)16-10-22-19-15(13-8-9-25-11-13)6-7-17(21)18(19)20(16)23/h2-11H,1H3,(H,22,23). The summed E-state index contributed by atoms with van der Waals surface area (Å²) in [5.41, 5.74) is 3.11. The number of thiophene rings is 1. The van der Waals surface area contributed by atoms with Crippen molar-refractivity contribution in [1.82, 2.24) is 4.98 Å². The monoisotopic (exact) mass is 351 g/mol. The summed E-state index contributed by atoms with van der Waals surface area (Å²) in [7, 11) is 1.58. The van der Waals surface area contributed by atoms with E-state index in [1.165, 1.54) is 6.07 Å². The van der Waals surface area contributed by atoms with E-state index in [0.717, 1.165) is 11.1 Å². The lowest BCUT2D eigenvalue weighted by molar-refractivity contribution is 0.415. The molecule has 4 rings (SSSR count). The molecule has 2 aromatic heterocycles. The highest BCUT2D eigenvalue weighted by Gasteiger charge is 2.15. The number of hydrogen-bond acceptors (Lipinski definition) is 3. The molecule has 124 valence electrons. The van der Waals surface area contributed by atoms with Gasteiger partial charge in [0.05, 0.1) is 18.0 Å². The Hall–Kier alpha value is -2.92. The van der Waals surface area contributed by atoms with Crippen LogP contribution in [0.5, 0.6) is 5.75 Å². The number of aromatic nitrogens is 1. The number of rotatable bonds is 3. The fourth-order valence-electron chi connectivity index (χ4n) is 2.94. The maximum absolute atomic E-state index is 14.4. The van der Waals surface area contributed by atoms with Gasteiger partial charge in [0.15, 0.2) is 5.43 Å². The number of H-pyrrole nitrogens is 1. The zero-order valence-electron chi connectivity index (χ0n) is 13.4. The Morgan fingerprint density at radius 2 is 1.80 bits per heavy atom. The van der Waals surface area contributed by atoms with E-state index in [0.29, 0.717) is 22.4 Å². The van der Waals surface area contributed by atoms with E-state index in [1.54, 1.807) is 55.0 Å². The van der Waals surface area contributed by atoms with Gasteiger partial charge in [-0.1, -0.05) is 12.1 Å². The van der Waals surface area contributed by atoms with Crippen LogP contribution in [-0.4, -0.2) is 12.1 Å². The summed E-state index contributed by atoms with van der Waals surface area (Å²) in [5, 5.41) is 4.01. The molecule has 2 heterocycles. The fourth-order valence-corrected chi connectivity index (χ4v) is 3.59. The molecule has 0 amide bonds. The fraction of sp³-hybridized carbons (Fsp3) is 0.0500. The van der Waals surface area contributed by atoms with E-state index < -0.39 is 5.82 Å². The Morgan fingerprint density at radius 3 is 2.48 bits per heavy atom. The largest absolute Gasteiger partial charge is 0.497 e. The molecule has 4 aromatic rings. The number of aromatic amines is 1. The van der Waals surface area contributed by atoms with Crippen LogP contribution in [0.4, 0.5) is 4.39 Å². The quantitative estimate of drug-likeness (QED) is 0.560. The summed E-state index contributed by atoms with van der Waals surface area (Å²) in [6.45, 7) is 0. The van der Waals surface area contributed by atoms with Crippen molar-refractivity contribution in [2.24, 2.45) is 0 Å². The lowest BCUT2D eigenvalue weighted by Crippen LogP contribution is -2.09. The summed E-state index contributed by atoms with van der Waals surface area (Å²) in [5.74, 6) is 0.178. The lowest BCUT2D eigenvalue weighted by Gasteiger charge is -2.09. The van der Waals surface area contributed by atoms with Crippen LogP contribution in [0.15, 0.2) is 64.2 Å². The third-order valence-corrected chi connectivity index (χ3v) is 4.90. The Kier molecular flexibility index (Phi) is 3.86. The van der Waals surface area contributed by atoms with Crippen LogP contribution < -0.4 is 10.2 Å². The molecule has 0 saturated carbocycles. The van der Waals surface area contributed by atoms with Crippen LogP contribution in [0.2, 0.25) is 0 Å². The molecule has 0 unspecified atom stereocenters. The van der Waals surface area contributed by atoms with Gasteiger partial charge in [0, 0.05) is 17.3 Å². The predicted molar refractivity (Wildman–Crippen MR) is 99.8 cm³/mol. The minimum absolute atomic E-state index is 0.0806. The van der Waals surface area contributed by atoms with Crippen molar-refractivity contribution in [1.29, 1.82) is 0 Å². The van der Waals surface area contributed by atoms with E-state index >= 15 is 0 Å². The third-order valence-electron chi connectivity index (χ3n) is 4.22. The second-order valence-electron chi connectivity index (χ2n) is 5.62. The summed E-state index contributed by atoms with van der Waals surface area (Å²) in [6.07, 6.45) is 1.64. The molecule has 5 heteroatoms. The van der Waals surface area contributed by atoms with Crippen molar-refractivity contribution in [3.63, 3.8) is 0 Å². The lowest BCUT2D eigenvalue weighted by atomic mass is 10.00. The summed E-state index contributed by atoms with van der Waals surface area (Å²) >= 11 is 1.56. The maximum atomic E-state index is 14.4. The number of nitrogens with one attached hydrogen (secondary N) is 1. The molecule has 0 fully saturated rings. The Bertz CT molecular complexity index is 1100. The van der Waals surface area contributed by atoms with Crippen LogP contribution in [0.3, 0.4) is 0 Å². The number of ether oxygens (including phenoxy) is 1. The molecule has 1 N–H and O–H groups in total. The van der Waals surface area contributed by atoms with Gasteiger partial charge >= 0.3 is 0 Å². The summed E-state index contributed by atoms with van der Waals surface area (Å²) in [6, 6.07) is 12.1. The minimum Gasteiger partial charge on any atom is -0.497 e. The SMILES string of the molecule is COc1ccc(-c2c[nH]c3c(-c4ccsc4)ccc(F)c3c2=O)cc1. The van der Waals surface area contributed by atoms with Crippen molar-refractivity contribution < 1.29 is 9.13 Å². The van der Waals surface area contributed by atoms with Crippen LogP contribution in [-0.2, 0) is 0 Å². The molecule has 2 aromatic carbocycles. The van der Waals surface area contributed by atoms with Crippen LogP contribution in [0.1, 0.15) is 0 Å². The number of halogens is 1. The molecule has 0 atom stereocenters. The Labute approximate surface area is 147 Å². The molecule has 3 nitrogen and oxygen atoms in total. The van der Waals surface area contributed by atoms with Gasteiger partial charge in [-0.15, -0.1) is 0 Å². The highest BCUT2D eigenvalue weighted by molar-refractivity contribution is 7.08. The number of pyridine rings is 1. The molecule has 0 radical (unpaired) electrons. The number of fused-ring (bicyclic) bond motifs is 1. The van der Waals surface area contributed by atoms with Gasteiger partial charge in [0.2, 0.25) is 0 Å². The minimum atomic E-state index is -0.523. The predicted octanol–water partition coefficient (Wildman–Crippen LogP) is 5.07. The summed E-state index contributed by atoms with van der Waals surface area (Å²) < 4.78 is 19.6. The van der Waals surface area contributed by atoms with Crippen LogP contribution in [0, 0.1) is 5.82 Å². The zero-order chi connectivity index (χ0) is 17.4. The van der Waals surface area contributed by atoms with Gasteiger partial charge in [-0.05, 0) is 52.2 Å². The van der Waals surface area contributed by atoms with E-state index in [2.05, 4.69) is 4.98 Å². The second-order valence-corrected chi connectivity index (χ2v) is 6.40. The molecule has 0 saturated heterocycles. The van der Waals surface area contributed by atoms with Crippen molar-refractivity contribution in [3.05, 3.63) is 75.5 Å². The van der Waals surface area contributed by atoms with Gasteiger partial charge in [-0.2, -0.15) is 11.3 Å². The smallest absolute Gasteiger partial charge is 0.200 e. The van der Waals surface area contributed by atoms with Gasteiger partial charge in [0.1, 0.15) is 11.6 Å². The van der Waals surface area contributed by atoms with Crippen molar-refractivity contribution in [3.8, 4) is 28.0 Å². The first-order chi connectivity index (χ1) is 12.2. The van der Waals surface area contributed by atoms with E-state index in [-0.39, 0.29) is 10.8 Å². The van der Waals surface area contributed by atoms with E-state index in [1.807, 2.05) is 16.8 Å². The molecular weight excluding hydrogens is 337 g/mol. The molecule has 0 aliphatic carbocycles. The normalized spacial score (nSPS) is 11.0. The Balaban J connectivity index is 1.96. The first kappa shape index (κ1) is 15.6. The van der Waals surface area contributed by atoms with Crippen molar-refractivity contribution >= 4 is 22.2 Å². The van der Waals surface area contributed by atoms with Crippen LogP contribution >= 0.6 is 11.3 Å². The highest BCUT2D eigenvalue weighted by Crippen LogP contribution is 2.30. The average molecular weight is 351 g/mol. The average Bonchev–Trinajstić information content (AvgIpc) is 3.17. The van der Waals surface area contributed by atoms with Crippen molar-refractivity contribution in [2.75, 3.05) is 7.11 Å². The van der Waals surface area contributed by atoms with E-state index in [9.17, 15) is 9.18 Å². The molecule has 0 spiro atoms. The summed E-state index contributed by atoms with van der Waals surface area (Å²) in [4.78, 5) is 16.1. The number of methoxy groups -OCH3 is 1. The number of hydrogen-bond donors (Lipinski definition) is 1. The topological polar surface area (TPSA) is 42.1 Å². The van der Waals surface area contributed by atoms with Crippen LogP contribution in [0.25, 0.3) is 33.2 Å². The van der Waals surface area contributed by atoms with Gasteiger partial charge in [0.25, 0.3) is 0 Å². The zero-order valence-corrected chi connectivity index (χ0v) is 14.2. The van der Waals surface area contributed by atoms with Crippen molar-refractivity contribution in [2.45, 2.75) is 0 Å². The third kappa shape index (κ3) is 2.62. The molecule has 0 bridgehead atoms. The van der Waals surface area contributed by atoms with E-state index in [4.69, 9.17) is 4.74 Å². The first-order valence-electron chi connectivity index (χ1n) is 7.70. The molecule has 0 aliphatic rings. The van der Waals surface area contributed by atoms with Gasteiger partial charge in [-0.25, -0.2) is 4.39 Å². The maximum Gasteiger partial charge on any atom is 0.200 e. The van der Waals surface area contributed by atoms with Gasteiger partial charge < -0.3 is 9.72 Å². The Morgan fingerprint density at radius 1 is 1.00 bits per heavy atom. The molecular formula is C20H14FNO2S. The first-order valence-corrected chi connectivity index (χ1v) is 8.64. The number of benzene rings is 2. The molecule has 0 aliphatic heterocycles.